The van der Waals surface area contributed by atoms with Gasteiger partial charge in [0.2, 0.25) is 5.91 Å². The third-order valence-corrected chi connectivity index (χ3v) is 3.03. The maximum atomic E-state index is 11.8. The SMILES string of the molecule is CC(C(=O)Nc1ccc(C(C)(C)C)cn1)N(C)C. The lowest BCUT2D eigenvalue weighted by Crippen LogP contribution is -2.37. The molecule has 1 rings (SSSR count). The Morgan fingerprint density at radius 2 is 1.94 bits per heavy atom. The number of likely N-dealkylation sites (N-methyl/N-ethyl adjacent to an activating group) is 1. The molecule has 100 valence electrons. The Bertz CT molecular complexity index is 404. The standard InChI is InChI=1S/C14H23N3O/c1-10(17(5)6)13(18)16-12-8-7-11(9-15-12)14(2,3)4/h7-10H,1-6H3,(H,15,16,18). The first-order chi connectivity index (χ1) is 8.21. The first-order valence-electron chi connectivity index (χ1n) is 6.15. The van der Waals surface area contributed by atoms with Gasteiger partial charge in [0.1, 0.15) is 5.82 Å². The zero-order valence-electron chi connectivity index (χ0n) is 12.1. The molecule has 1 amide bonds. The molecular formula is C14H23N3O. The van der Waals surface area contributed by atoms with Crippen LogP contribution in [0.5, 0.6) is 0 Å². The summed E-state index contributed by atoms with van der Waals surface area (Å²) in [6.45, 7) is 8.27. The summed E-state index contributed by atoms with van der Waals surface area (Å²) < 4.78 is 0. The summed E-state index contributed by atoms with van der Waals surface area (Å²) in [4.78, 5) is 18.0. The molecule has 0 aromatic carbocycles. The Kier molecular flexibility index (Phi) is 4.46. The van der Waals surface area contributed by atoms with Crippen LogP contribution in [0.2, 0.25) is 0 Å². The van der Waals surface area contributed by atoms with E-state index < -0.39 is 0 Å². The molecule has 0 aliphatic rings. The zero-order valence-corrected chi connectivity index (χ0v) is 12.1. The van der Waals surface area contributed by atoms with Crippen molar-refractivity contribution in [1.29, 1.82) is 0 Å². The molecule has 0 saturated carbocycles. The van der Waals surface area contributed by atoms with E-state index in [-0.39, 0.29) is 17.4 Å². The molecule has 0 spiro atoms. The van der Waals surface area contributed by atoms with E-state index in [4.69, 9.17) is 0 Å². The van der Waals surface area contributed by atoms with Gasteiger partial charge in [0.05, 0.1) is 6.04 Å². The molecule has 0 saturated heterocycles. The van der Waals surface area contributed by atoms with Crippen LogP contribution in [0.3, 0.4) is 0 Å². The Morgan fingerprint density at radius 1 is 1.33 bits per heavy atom. The van der Waals surface area contributed by atoms with Crippen LogP contribution in [0.1, 0.15) is 33.3 Å². The molecule has 1 N–H and O–H groups in total. The van der Waals surface area contributed by atoms with Crippen molar-refractivity contribution in [3.05, 3.63) is 23.9 Å². The van der Waals surface area contributed by atoms with Gasteiger partial charge in [-0.15, -0.1) is 0 Å². The summed E-state index contributed by atoms with van der Waals surface area (Å²) in [7, 11) is 3.75. The predicted molar refractivity (Wildman–Crippen MR) is 74.7 cm³/mol. The molecule has 1 aromatic heterocycles. The lowest BCUT2D eigenvalue weighted by atomic mass is 9.88. The molecule has 0 aliphatic carbocycles. The van der Waals surface area contributed by atoms with Gasteiger partial charge in [-0.3, -0.25) is 9.69 Å². The maximum Gasteiger partial charge on any atom is 0.242 e. The lowest BCUT2D eigenvalue weighted by molar-refractivity contribution is -0.119. The minimum absolute atomic E-state index is 0.0454. The van der Waals surface area contributed by atoms with Crippen LogP contribution < -0.4 is 5.32 Å². The number of carbonyl (C=O) groups excluding carboxylic acids is 1. The van der Waals surface area contributed by atoms with Crippen molar-refractivity contribution in [3.63, 3.8) is 0 Å². The van der Waals surface area contributed by atoms with Crippen LogP contribution in [0.4, 0.5) is 5.82 Å². The second-order valence-electron chi connectivity index (χ2n) is 5.81. The monoisotopic (exact) mass is 249 g/mol. The van der Waals surface area contributed by atoms with E-state index in [0.29, 0.717) is 5.82 Å². The third-order valence-electron chi connectivity index (χ3n) is 3.03. The number of aromatic nitrogens is 1. The minimum atomic E-state index is -0.172. The van der Waals surface area contributed by atoms with Crippen molar-refractivity contribution in [2.24, 2.45) is 0 Å². The Morgan fingerprint density at radius 3 is 2.33 bits per heavy atom. The molecule has 1 aromatic rings. The smallest absolute Gasteiger partial charge is 0.242 e. The van der Waals surface area contributed by atoms with E-state index in [1.54, 1.807) is 0 Å². The normalized spacial score (nSPS) is 13.5. The molecule has 0 bridgehead atoms. The van der Waals surface area contributed by atoms with Crippen molar-refractivity contribution in [2.75, 3.05) is 19.4 Å². The first kappa shape index (κ1) is 14.6. The highest BCUT2D eigenvalue weighted by atomic mass is 16.2. The first-order valence-corrected chi connectivity index (χ1v) is 6.15. The second-order valence-corrected chi connectivity index (χ2v) is 5.81. The topological polar surface area (TPSA) is 45.2 Å². The molecule has 4 nitrogen and oxygen atoms in total. The fourth-order valence-corrected chi connectivity index (χ4v) is 1.38. The van der Waals surface area contributed by atoms with E-state index in [2.05, 4.69) is 31.1 Å². The van der Waals surface area contributed by atoms with Gasteiger partial charge in [-0.2, -0.15) is 0 Å². The molecule has 1 unspecified atom stereocenters. The van der Waals surface area contributed by atoms with Gasteiger partial charge in [-0.1, -0.05) is 26.8 Å². The van der Waals surface area contributed by atoms with Crippen LogP contribution in [-0.4, -0.2) is 35.9 Å². The zero-order chi connectivity index (χ0) is 13.9. The van der Waals surface area contributed by atoms with Crippen molar-refractivity contribution in [3.8, 4) is 0 Å². The average molecular weight is 249 g/mol. The van der Waals surface area contributed by atoms with Crippen LogP contribution in [0.15, 0.2) is 18.3 Å². The molecule has 18 heavy (non-hydrogen) atoms. The number of hydrogen-bond donors (Lipinski definition) is 1. The fourth-order valence-electron chi connectivity index (χ4n) is 1.38. The Labute approximate surface area is 109 Å². The molecule has 0 aliphatic heterocycles. The minimum Gasteiger partial charge on any atom is -0.309 e. The van der Waals surface area contributed by atoms with Crippen molar-refractivity contribution in [2.45, 2.75) is 39.2 Å². The van der Waals surface area contributed by atoms with Gasteiger partial charge in [-0.25, -0.2) is 4.98 Å². The number of hydrogen-bond acceptors (Lipinski definition) is 3. The van der Waals surface area contributed by atoms with Crippen LogP contribution in [-0.2, 0) is 10.2 Å². The number of carbonyl (C=O) groups is 1. The van der Waals surface area contributed by atoms with E-state index in [1.807, 2.05) is 44.2 Å². The molecule has 0 radical (unpaired) electrons. The molecule has 1 atom stereocenters. The summed E-state index contributed by atoms with van der Waals surface area (Å²) in [6, 6.07) is 3.68. The van der Waals surface area contributed by atoms with E-state index >= 15 is 0 Å². The van der Waals surface area contributed by atoms with Gasteiger partial charge in [0, 0.05) is 6.20 Å². The van der Waals surface area contributed by atoms with Gasteiger partial charge in [0.25, 0.3) is 0 Å². The van der Waals surface area contributed by atoms with Crippen LogP contribution in [0, 0.1) is 0 Å². The average Bonchev–Trinajstić information content (AvgIpc) is 2.27. The van der Waals surface area contributed by atoms with Gasteiger partial charge >= 0.3 is 0 Å². The van der Waals surface area contributed by atoms with Crippen molar-refractivity contribution in [1.82, 2.24) is 9.88 Å². The number of pyridine rings is 1. The highest BCUT2D eigenvalue weighted by Crippen LogP contribution is 2.21. The summed E-state index contributed by atoms with van der Waals surface area (Å²) in [6.07, 6.45) is 1.82. The predicted octanol–water partition coefficient (Wildman–Crippen LogP) is 2.27. The summed E-state index contributed by atoms with van der Waals surface area (Å²) >= 11 is 0. The Hall–Kier alpha value is -1.42. The fraction of sp³-hybridized carbons (Fsp3) is 0.571. The third kappa shape index (κ3) is 3.81. The van der Waals surface area contributed by atoms with Crippen molar-refractivity contribution < 1.29 is 4.79 Å². The number of amides is 1. The van der Waals surface area contributed by atoms with Gasteiger partial charge in [-0.05, 0) is 38.1 Å². The molecule has 4 heteroatoms. The number of nitrogens with one attached hydrogen (secondary N) is 1. The maximum absolute atomic E-state index is 11.8. The largest absolute Gasteiger partial charge is 0.309 e. The van der Waals surface area contributed by atoms with Gasteiger partial charge < -0.3 is 5.32 Å². The van der Waals surface area contributed by atoms with E-state index in [9.17, 15) is 4.79 Å². The van der Waals surface area contributed by atoms with Crippen LogP contribution >= 0.6 is 0 Å². The number of nitrogens with zero attached hydrogens (tertiary/aromatic N) is 2. The number of anilines is 1. The second kappa shape index (κ2) is 5.48. The highest BCUT2D eigenvalue weighted by Gasteiger charge is 2.17. The van der Waals surface area contributed by atoms with Gasteiger partial charge in [0.15, 0.2) is 0 Å². The molecule has 0 fully saturated rings. The summed E-state index contributed by atoms with van der Waals surface area (Å²) in [5.74, 6) is 0.553. The van der Waals surface area contributed by atoms with Crippen molar-refractivity contribution >= 4 is 11.7 Å². The quantitative estimate of drug-likeness (QED) is 0.893. The van der Waals surface area contributed by atoms with Crippen LogP contribution in [0.25, 0.3) is 0 Å². The lowest BCUT2D eigenvalue weighted by Gasteiger charge is -2.20. The highest BCUT2D eigenvalue weighted by molar-refractivity contribution is 5.93. The summed E-state index contributed by atoms with van der Waals surface area (Å²) in [5.41, 5.74) is 1.23. The molecule has 1 heterocycles. The van der Waals surface area contributed by atoms with E-state index in [0.717, 1.165) is 5.56 Å². The number of rotatable bonds is 3. The van der Waals surface area contributed by atoms with E-state index in [1.165, 1.54) is 0 Å². The molecular weight excluding hydrogens is 226 g/mol. The Balaban J connectivity index is 2.73. The summed E-state index contributed by atoms with van der Waals surface area (Å²) in [5, 5.41) is 2.81.